The Balaban J connectivity index is 1.84. The standard InChI is InChI=1S/C18H22N4O5S/c1-4-27-18(24)16-12-6-5-10(2)7-13(12)28-17(16)19-15(23)9-21-11(3)8-14(20-21)22(25)26/h8,10H,4-7,9H2,1-3H3,(H,19,23)/t10-/m1/s1. The molecule has 0 spiro atoms. The van der Waals surface area contributed by atoms with E-state index < -0.39 is 16.8 Å². The molecule has 28 heavy (non-hydrogen) atoms. The number of hydrogen-bond acceptors (Lipinski definition) is 7. The van der Waals surface area contributed by atoms with Crippen LogP contribution in [0, 0.1) is 23.0 Å². The Hall–Kier alpha value is -2.75. The van der Waals surface area contributed by atoms with Crippen molar-refractivity contribution in [3.05, 3.63) is 37.9 Å². The van der Waals surface area contributed by atoms with Crippen LogP contribution in [0.1, 0.15) is 46.8 Å². The lowest BCUT2D eigenvalue weighted by Gasteiger charge is -2.18. The van der Waals surface area contributed by atoms with Gasteiger partial charge < -0.3 is 20.2 Å². The molecule has 0 saturated heterocycles. The molecular formula is C18H22N4O5S. The van der Waals surface area contributed by atoms with Crippen LogP contribution in [0.5, 0.6) is 0 Å². The van der Waals surface area contributed by atoms with E-state index in [0.717, 1.165) is 29.7 Å². The number of aromatic nitrogens is 2. The van der Waals surface area contributed by atoms with E-state index in [1.165, 1.54) is 22.1 Å². The number of carbonyl (C=O) groups excluding carboxylic acids is 2. The number of amides is 1. The van der Waals surface area contributed by atoms with E-state index in [4.69, 9.17) is 4.74 Å². The van der Waals surface area contributed by atoms with Gasteiger partial charge in [-0.1, -0.05) is 6.92 Å². The predicted molar refractivity (Wildman–Crippen MR) is 104 cm³/mol. The van der Waals surface area contributed by atoms with Crippen LogP contribution in [0.4, 0.5) is 10.8 Å². The minimum Gasteiger partial charge on any atom is -0.462 e. The Kier molecular flexibility index (Phi) is 5.78. The summed E-state index contributed by atoms with van der Waals surface area (Å²) in [5.74, 6) is -0.621. The molecule has 1 aliphatic carbocycles. The second-order valence-electron chi connectivity index (χ2n) is 6.88. The molecule has 10 heteroatoms. The number of hydrogen-bond donors (Lipinski definition) is 1. The van der Waals surface area contributed by atoms with Crippen LogP contribution < -0.4 is 5.32 Å². The van der Waals surface area contributed by atoms with E-state index >= 15 is 0 Å². The van der Waals surface area contributed by atoms with Gasteiger partial charge in [0.05, 0.1) is 29.0 Å². The highest BCUT2D eigenvalue weighted by Gasteiger charge is 2.29. The Morgan fingerprint density at radius 1 is 1.50 bits per heavy atom. The highest BCUT2D eigenvalue weighted by atomic mass is 32.1. The van der Waals surface area contributed by atoms with Crippen LogP contribution in [-0.4, -0.2) is 33.2 Å². The number of ether oxygens (including phenoxy) is 1. The van der Waals surface area contributed by atoms with Gasteiger partial charge in [0, 0.05) is 4.88 Å². The molecular weight excluding hydrogens is 384 g/mol. The third-order valence-electron chi connectivity index (χ3n) is 4.69. The molecule has 1 atom stereocenters. The topological polar surface area (TPSA) is 116 Å². The number of fused-ring (bicyclic) bond motifs is 1. The highest BCUT2D eigenvalue weighted by Crippen LogP contribution is 2.40. The average Bonchev–Trinajstić information content (AvgIpc) is 3.15. The zero-order valence-corrected chi connectivity index (χ0v) is 16.8. The molecule has 0 unspecified atom stereocenters. The van der Waals surface area contributed by atoms with Crippen molar-refractivity contribution >= 4 is 34.0 Å². The summed E-state index contributed by atoms with van der Waals surface area (Å²) in [6, 6.07) is 1.31. The number of nitrogens with one attached hydrogen (secondary N) is 1. The van der Waals surface area contributed by atoms with Crippen LogP contribution in [0.2, 0.25) is 0 Å². The summed E-state index contributed by atoms with van der Waals surface area (Å²) in [5, 5.41) is 17.9. The second kappa shape index (κ2) is 8.09. The normalized spacial score (nSPS) is 15.8. The lowest BCUT2D eigenvalue weighted by molar-refractivity contribution is -0.389. The molecule has 3 rings (SSSR count). The average molecular weight is 406 g/mol. The van der Waals surface area contributed by atoms with Crippen molar-refractivity contribution in [3.8, 4) is 0 Å². The summed E-state index contributed by atoms with van der Waals surface area (Å²) >= 11 is 1.40. The van der Waals surface area contributed by atoms with Gasteiger partial charge in [-0.15, -0.1) is 11.3 Å². The van der Waals surface area contributed by atoms with Gasteiger partial charge in [0.25, 0.3) is 0 Å². The smallest absolute Gasteiger partial charge is 0.390 e. The Morgan fingerprint density at radius 3 is 2.89 bits per heavy atom. The molecule has 0 saturated carbocycles. The number of esters is 1. The molecule has 1 aliphatic rings. The van der Waals surface area contributed by atoms with Gasteiger partial charge in [-0.2, -0.15) is 4.68 Å². The Morgan fingerprint density at radius 2 is 2.25 bits per heavy atom. The lowest BCUT2D eigenvalue weighted by Crippen LogP contribution is -2.21. The van der Waals surface area contributed by atoms with Crippen LogP contribution in [-0.2, 0) is 28.9 Å². The van der Waals surface area contributed by atoms with Crippen LogP contribution in [0.15, 0.2) is 6.07 Å². The van der Waals surface area contributed by atoms with Crippen molar-refractivity contribution in [2.24, 2.45) is 5.92 Å². The van der Waals surface area contributed by atoms with E-state index in [9.17, 15) is 19.7 Å². The lowest BCUT2D eigenvalue weighted by atomic mass is 9.88. The molecule has 2 aromatic rings. The Bertz CT molecular complexity index is 933. The van der Waals surface area contributed by atoms with Gasteiger partial charge in [0.2, 0.25) is 5.91 Å². The molecule has 1 N–H and O–H groups in total. The summed E-state index contributed by atoms with van der Waals surface area (Å²) in [4.78, 5) is 36.4. The number of carbonyl (C=O) groups is 2. The number of nitro groups is 1. The zero-order valence-electron chi connectivity index (χ0n) is 16.0. The van der Waals surface area contributed by atoms with Crippen LogP contribution in [0.3, 0.4) is 0 Å². The molecule has 0 aliphatic heterocycles. The predicted octanol–water partition coefficient (Wildman–Crippen LogP) is 3.10. The molecule has 0 aromatic carbocycles. The maximum absolute atomic E-state index is 12.5. The van der Waals surface area contributed by atoms with Crippen molar-refractivity contribution in [2.45, 2.75) is 46.6 Å². The van der Waals surface area contributed by atoms with Crippen molar-refractivity contribution in [1.82, 2.24) is 9.78 Å². The molecule has 2 heterocycles. The third kappa shape index (κ3) is 4.06. The molecule has 0 bridgehead atoms. The molecule has 2 aromatic heterocycles. The van der Waals surface area contributed by atoms with Crippen molar-refractivity contribution in [1.29, 1.82) is 0 Å². The molecule has 1 amide bonds. The first-order valence-electron chi connectivity index (χ1n) is 9.10. The first-order chi connectivity index (χ1) is 13.3. The van der Waals surface area contributed by atoms with Crippen molar-refractivity contribution in [3.63, 3.8) is 0 Å². The number of rotatable bonds is 6. The first-order valence-corrected chi connectivity index (χ1v) is 9.92. The van der Waals surface area contributed by atoms with Crippen molar-refractivity contribution < 1.29 is 19.2 Å². The number of aryl methyl sites for hydroxylation is 1. The summed E-state index contributed by atoms with van der Waals surface area (Å²) < 4.78 is 6.46. The van der Waals surface area contributed by atoms with Gasteiger partial charge in [-0.25, -0.2) is 4.79 Å². The van der Waals surface area contributed by atoms with E-state index in [0.29, 0.717) is 22.2 Å². The van der Waals surface area contributed by atoms with Gasteiger partial charge in [0.1, 0.15) is 11.5 Å². The zero-order chi connectivity index (χ0) is 20.4. The molecule has 0 radical (unpaired) electrons. The fraction of sp³-hybridized carbons (Fsp3) is 0.500. The maximum atomic E-state index is 12.5. The van der Waals surface area contributed by atoms with E-state index in [2.05, 4.69) is 17.3 Å². The van der Waals surface area contributed by atoms with Gasteiger partial charge in [-0.05, 0) is 49.5 Å². The minimum absolute atomic E-state index is 0.180. The number of nitrogens with zero attached hydrogens (tertiary/aromatic N) is 3. The number of anilines is 1. The molecule has 0 fully saturated rings. The highest BCUT2D eigenvalue weighted by molar-refractivity contribution is 7.17. The summed E-state index contributed by atoms with van der Waals surface area (Å²) in [7, 11) is 0. The van der Waals surface area contributed by atoms with Crippen molar-refractivity contribution in [2.75, 3.05) is 11.9 Å². The maximum Gasteiger partial charge on any atom is 0.390 e. The fourth-order valence-electron chi connectivity index (χ4n) is 3.30. The summed E-state index contributed by atoms with van der Waals surface area (Å²) in [6.45, 7) is 5.62. The third-order valence-corrected chi connectivity index (χ3v) is 5.86. The van der Waals surface area contributed by atoms with E-state index in [1.54, 1.807) is 13.8 Å². The fourth-order valence-corrected chi connectivity index (χ4v) is 4.72. The molecule has 150 valence electrons. The van der Waals surface area contributed by atoms with Gasteiger partial charge >= 0.3 is 11.8 Å². The number of thiophene rings is 1. The first kappa shape index (κ1) is 20.0. The monoisotopic (exact) mass is 406 g/mol. The van der Waals surface area contributed by atoms with Gasteiger partial charge in [-0.3, -0.25) is 4.79 Å². The summed E-state index contributed by atoms with van der Waals surface area (Å²) in [5.41, 5.74) is 1.90. The largest absolute Gasteiger partial charge is 0.462 e. The second-order valence-corrected chi connectivity index (χ2v) is 7.99. The molecule has 9 nitrogen and oxygen atoms in total. The van der Waals surface area contributed by atoms with Crippen LogP contribution >= 0.6 is 11.3 Å². The van der Waals surface area contributed by atoms with E-state index in [-0.39, 0.29) is 19.0 Å². The van der Waals surface area contributed by atoms with Crippen LogP contribution in [0.25, 0.3) is 0 Å². The SMILES string of the molecule is CCOC(=O)c1c(NC(=O)Cn2nc([N+](=O)[O-])cc2C)sc2c1CC[C@@H](C)C2. The van der Waals surface area contributed by atoms with Gasteiger partial charge in [0.15, 0.2) is 0 Å². The quantitative estimate of drug-likeness (QED) is 0.448. The summed E-state index contributed by atoms with van der Waals surface area (Å²) in [6.07, 6.45) is 2.63. The Labute approximate surface area is 165 Å². The van der Waals surface area contributed by atoms with E-state index in [1.807, 2.05) is 0 Å². The minimum atomic E-state index is -0.602.